The van der Waals surface area contributed by atoms with Gasteiger partial charge in [0.05, 0.1) is 0 Å². The Balaban J connectivity index is 0.00000107. The molecule has 0 fully saturated rings. The summed E-state index contributed by atoms with van der Waals surface area (Å²) in [5.74, 6) is 2.30. The maximum Gasteiger partial charge on any atom is 0.373 e. The molecule has 0 bridgehead atoms. The van der Waals surface area contributed by atoms with Gasteiger partial charge in [0.2, 0.25) is 0 Å². The monoisotopic (exact) mass is 458 g/mol. The van der Waals surface area contributed by atoms with Crippen LogP contribution in [-0.4, -0.2) is 24.8 Å². The van der Waals surface area contributed by atoms with Gasteiger partial charge in [-0.3, -0.25) is 0 Å². The number of allylic oxidation sites excluding steroid dienone is 1. The number of aryl methyl sites for hydroxylation is 2. The first-order chi connectivity index (χ1) is 15.1. The molecule has 2 aromatic rings. The van der Waals surface area contributed by atoms with Crippen LogP contribution in [0.25, 0.3) is 5.57 Å². The molecule has 0 radical (unpaired) electrons. The third-order valence-electron chi connectivity index (χ3n) is 5.50. The standard InChI is InChI=1S/C25H31ClOS.CO2/c1-3-19-10-15-25(21(17-19)7-4-5-16-28-2)27-18-22-8-6-9-24(22)20-11-13-23(26)14-12-20;2-1-3/h10-15,17H,3-9,16,18H2,1-2H3;. The lowest BCUT2D eigenvalue weighted by atomic mass is 10.0. The van der Waals surface area contributed by atoms with E-state index in [-0.39, 0.29) is 6.15 Å². The molecule has 0 spiro atoms. The highest BCUT2D eigenvalue weighted by molar-refractivity contribution is 7.98. The van der Waals surface area contributed by atoms with Gasteiger partial charge in [-0.05, 0) is 103 Å². The lowest BCUT2D eigenvalue weighted by molar-refractivity contribution is -0.191. The van der Waals surface area contributed by atoms with Gasteiger partial charge in [0.25, 0.3) is 0 Å². The van der Waals surface area contributed by atoms with Crippen LogP contribution < -0.4 is 4.74 Å². The zero-order valence-electron chi connectivity index (χ0n) is 18.4. The van der Waals surface area contributed by atoms with Crippen LogP contribution in [0.3, 0.4) is 0 Å². The second-order valence-corrected chi connectivity index (χ2v) is 8.98. The number of ether oxygens (including phenoxy) is 1. The average molecular weight is 459 g/mol. The number of rotatable bonds is 10. The largest absolute Gasteiger partial charge is 0.489 e. The third kappa shape index (κ3) is 8.22. The minimum absolute atomic E-state index is 0.250. The molecule has 0 N–H and O–H groups in total. The molecule has 5 heteroatoms. The number of carbonyl (C=O) groups excluding carboxylic acids is 2. The van der Waals surface area contributed by atoms with E-state index >= 15 is 0 Å². The molecular formula is C26H31ClO3S. The Kier molecular flexibility index (Phi) is 11.5. The summed E-state index contributed by atoms with van der Waals surface area (Å²) in [6, 6.07) is 15.0. The Bertz CT molecular complexity index is 884. The zero-order valence-corrected chi connectivity index (χ0v) is 20.0. The van der Waals surface area contributed by atoms with E-state index in [1.54, 1.807) is 0 Å². The Labute approximate surface area is 195 Å². The second kappa shape index (κ2) is 14.1. The highest BCUT2D eigenvalue weighted by Gasteiger charge is 2.17. The first-order valence-electron chi connectivity index (χ1n) is 10.8. The summed E-state index contributed by atoms with van der Waals surface area (Å²) >= 11 is 7.99. The number of hydrogen-bond donors (Lipinski definition) is 0. The molecule has 2 aromatic carbocycles. The topological polar surface area (TPSA) is 43.4 Å². The fourth-order valence-corrected chi connectivity index (χ4v) is 4.50. The Morgan fingerprint density at radius 1 is 1.06 bits per heavy atom. The van der Waals surface area contributed by atoms with Crippen molar-refractivity contribution in [3.63, 3.8) is 0 Å². The van der Waals surface area contributed by atoms with Gasteiger partial charge in [-0.15, -0.1) is 0 Å². The summed E-state index contributed by atoms with van der Waals surface area (Å²) in [7, 11) is 0. The molecule has 0 atom stereocenters. The van der Waals surface area contributed by atoms with E-state index in [0.29, 0.717) is 6.61 Å². The molecule has 3 nitrogen and oxygen atoms in total. The van der Waals surface area contributed by atoms with Gasteiger partial charge in [0, 0.05) is 5.02 Å². The van der Waals surface area contributed by atoms with Crippen LogP contribution in [-0.2, 0) is 22.4 Å². The second-order valence-electron chi connectivity index (χ2n) is 7.56. The van der Waals surface area contributed by atoms with Crippen molar-refractivity contribution in [1.82, 2.24) is 0 Å². The molecule has 31 heavy (non-hydrogen) atoms. The highest BCUT2D eigenvalue weighted by Crippen LogP contribution is 2.35. The molecule has 3 rings (SSSR count). The van der Waals surface area contributed by atoms with Crippen LogP contribution in [0.5, 0.6) is 5.75 Å². The molecule has 0 saturated heterocycles. The first-order valence-corrected chi connectivity index (χ1v) is 12.6. The highest BCUT2D eigenvalue weighted by atomic mass is 35.5. The normalized spacial score (nSPS) is 12.9. The number of thioether (sulfide) groups is 1. The van der Waals surface area contributed by atoms with E-state index in [2.05, 4.69) is 43.5 Å². The summed E-state index contributed by atoms with van der Waals surface area (Å²) in [5.41, 5.74) is 6.94. The number of hydrogen-bond acceptors (Lipinski definition) is 4. The van der Waals surface area contributed by atoms with Gasteiger partial charge in [0.15, 0.2) is 0 Å². The van der Waals surface area contributed by atoms with E-state index < -0.39 is 0 Å². The van der Waals surface area contributed by atoms with Crippen LogP contribution >= 0.6 is 23.4 Å². The Morgan fingerprint density at radius 3 is 2.48 bits per heavy atom. The first kappa shape index (κ1) is 25.3. The molecule has 0 aliphatic heterocycles. The van der Waals surface area contributed by atoms with Crippen molar-refractivity contribution in [3.05, 3.63) is 69.8 Å². The lowest BCUT2D eigenvalue weighted by Gasteiger charge is -2.15. The van der Waals surface area contributed by atoms with Crippen LogP contribution in [0.1, 0.15) is 55.7 Å². The van der Waals surface area contributed by atoms with Crippen molar-refractivity contribution in [2.45, 2.75) is 51.9 Å². The van der Waals surface area contributed by atoms with Gasteiger partial charge in [-0.2, -0.15) is 21.4 Å². The molecule has 0 saturated carbocycles. The number of unbranched alkanes of at least 4 members (excludes halogenated alkanes) is 1. The predicted octanol–water partition coefficient (Wildman–Crippen LogP) is 7.02. The van der Waals surface area contributed by atoms with Gasteiger partial charge < -0.3 is 4.74 Å². The quantitative estimate of drug-likeness (QED) is 0.359. The van der Waals surface area contributed by atoms with Crippen molar-refractivity contribution < 1.29 is 14.3 Å². The van der Waals surface area contributed by atoms with Crippen molar-refractivity contribution in [2.75, 3.05) is 18.6 Å². The van der Waals surface area contributed by atoms with Gasteiger partial charge in [0.1, 0.15) is 12.4 Å². The van der Waals surface area contributed by atoms with Gasteiger partial charge >= 0.3 is 6.15 Å². The smallest absolute Gasteiger partial charge is 0.373 e. The van der Waals surface area contributed by atoms with Crippen LogP contribution in [0.2, 0.25) is 5.02 Å². The molecule has 0 heterocycles. The van der Waals surface area contributed by atoms with Gasteiger partial charge in [-0.25, -0.2) is 0 Å². The zero-order chi connectivity index (χ0) is 22.5. The summed E-state index contributed by atoms with van der Waals surface area (Å²) in [6.45, 7) is 2.91. The summed E-state index contributed by atoms with van der Waals surface area (Å²) < 4.78 is 6.36. The molecule has 166 valence electrons. The summed E-state index contributed by atoms with van der Waals surface area (Å²) in [4.78, 5) is 16.2. The number of halogens is 1. The third-order valence-corrected chi connectivity index (χ3v) is 6.45. The summed E-state index contributed by atoms with van der Waals surface area (Å²) in [6.07, 6.45) is 10.6. The molecule has 1 aliphatic carbocycles. The Hall–Kier alpha value is -2.00. The summed E-state index contributed by atoms with van der Waals surface area (Å²) in [5, 5.41) is 0.794. The van der Waals surface area contributed by atoms with Crippen molar-refractivity contribution in [3.8, 4) is 5.75 Å². The molecular weight excluding hydrogens is 428 g/mol. The lowest BCUT2D eigenvalue weighted by Crippen LogP contribution is -2.04. The fourth-order valence-electron chi connectivity index (χ4n) is 3.88. The SMILES string of the molecule is CCc1ccc(OCC2=C(c3ccc(Cl)cc3)CCC2)c(CCCCSC)c1.O=C=O. The van der Waals surface area contributed by atoms with Crippen molar-refractivity contribution >= 4 is 35.1 Å². The molecule has 0 aromatic heterocycles. The Morgan fingerprint density at radius 2 is 1.81 bits per heavy atom. The number of benzene rings is 2. The minimum Gasteiger partial charge on any atom is -0.489 e. The maximum atomic E-state index is 8.12. The fraction of sp³-hybridized carbons (Fsp3) is 0.423. The van der Waals surface area contributed by atoms with E-state index in [4.69, 9.17) is 25.9 Å². The van der Waals surface area contributed by atoms with Gasteiger partial charge in [-0.1, -0.05) is 42.8 Å². The minimum atomic E-state index is 0.250. The van der Waals surface area contributed by atoms with E-state index in [1.807, 2.05) is 23.9 Å². The molecule has 1 aliphatic rings. The van der Waals surface area contributed by atoms with Crippen molar-refractivity contribution in [1.29, 1.82) is 0 Å². The van der Waals surface area contributed by atoms with E-state index in [9.17, 15) is 0 Å². The van der Waals surface area contributed by atoms with Crippen LogP contribution in [0, 0.1) is 0 Å². The predicted molar refractivity (Wildman–Crippen MR) is 130 cm³/mol. The van der Waals surface area contributed by atoms with E-state index in [1.165, 1.54) is 52.9 Å². The van der Waals surface area contributed by atoms with Crippen LogP contribution in [0.15, 0.2) is 48.0 Å². The maximum absolute atomic E-state index is 8.12. The van der Waals surface area contributed by atoms with E-state index in [0.717, 1.165) is 36.5 Å². The van der Waals surface area contributed by atoms with Crippen LogP contribution in [0.4, 0.5) is 0 Å². The molecule has 0 amide bonds. The average Bonchev–Trinajstić information content (AvgIpc) is 3.25. The molecule has 0 unspecified atom stereocenters. The van der Waals surface area contributed by atoms with Crippen molar-refractivity contribution in [2.24, 2.45) is 0 Å².